The molecule has 0 aromatic heterocycles. The normalized spacial score (nSPS) is 21.2. The zero-order valence-corrected chi connectivity index (χ0v) is 15.4. The molecule has 3 nitrogen and oxygen atoms in total. The molecule has 1 aromatic carbocycles. The Hall–Kier alpha value is -0.710. The lowest BCUT2D eigenvalue weighted by molar-refractivity contribution is 0.0591. The van der Waals surface area contributed by atoms with Crippen molar-refractivity contribution < 1.29 is 4.79 Å². The Balaban J connectivity index is 0.00000192. The summed E-state index contributed by atoms with van der Waals surface area (Å²) in [5, 5.41) is 3.42. The van der Waals surface area contributed by atoms with Crippen LogP contribution in [0.5, 0.6) is 0 Å². The smallest absolute Gasteiger partial charge is 0.255 e. The summed E-state index contributed by atoms with van der Waals surface area (Å²) in [5.74, 6) is 1.25. The molecule has 1 saturated carbocycles. The largest absolute Gasteiger partial charge is 0.331 e. The van der Waals surface area contributed by atoms with Crippen molar-refractivity contribution in [3.8, 4) is 0 Å². The summed E-state index contributed by atoms with van der Waals surface area (Å²) in [6, 6.07) is 8.93. The number of carbonyl (C=O) groups excluding carboxylic acids is 1. The molecule has 3 rings (SSSR count). The fraction of sp³-hybridized carbons (Fsp3) is 0.611. The Labute approximate surface area is 150 Å². The highest BCUT2D eigenvalue weighted by molar-refractivity contribution is 7.99. The van der Waals surface area contributed by atoms with Crippen molar-refractivity contribution in [3.05, 3.63) is 29.8 Å². The van der Waals surface area contributed by atoms with Gasteiger partial charge in [-0.05, 0) is 43.7 Å². The maximum atomic E-state index is 13.3. The summed E-state index contributed by atoms with van der Waals surface area (Å²) >= 11 is 1.77. The molecule has 1 aromatic rings. The molecule has 128 valence electrons. The van der Waals surface area contributed by atoms with E-state index in [1.165, 1.54) is 25.7 Å². The van der Waals surface area contributed by atoms with E-state index in [-0.39, 0.29) is 18.3 Å². The maximum Gasteiger partial charge on any atom is 0.255 e. The minimum atomic E-state index is 0. The second-order valence-corrected chi connectivity index (χ2v) is 7.53. The molecular weight excluding hydrogens is 328 g/mol. The van der Waals surface area contributed by atoms with Gasteiger partial charge in [-0.15, -0.1) is 24.2 Å². The summed E-state index contributed by atoms with van der Waals surface area (Å²) in [6.07, 6.45) is 5.96. The molecule has 5 heteroatoms. The van der Waals surface area contributed by atoms with Crippen molar-refractivity contribution in [2.75, 3.05) is 18.8 Å². The fourth-order valence-corrected chi connectivity index (χ4v) is 4.55. The predicted octanol–water partition coefficient (Wildman–Crippen LogP) is 3.97. The number of nitrogens with zero attached hydrogens (tertiary/aromatic N) is 1. The van der Waals surface area contributed by atoms with Gasteiger partial charge in [-0.2, -0.15) is 0 Å². The summed E-state index contributed by atoms with van der Waals surface area (Å²) in [7, 11) is 0. The van der Waals surface area contributed by atoms with Crippen LogP contribution in [0.15, 0.2) is 29.2 Å². The summed E-state index contributed by atoms with van der Waals surface area (Å²) in [6.45, 7) is 4.12. The van der Waals surface area contributed by atoms with Crippen molar-refractivity contribution in [3.63, 3.8) is 0 Å². The fourth-order valence-electron chi connectivity index (χ4n) is 3.75. The second-order valence-electron chi connectivity index (χ2n) is 6.23. The van der Waals surface area contributed by atoms with Crippen molar-refractivity contribution in [1.82, 2.24) is 10.2 Å². The Kier molecular flexibility index (Phi) is 7.25. The van der Waals surface area contributed by atoms with E-state index in [9.17, 15) is 4.79 Å². The Morgan fingerprint density at radius 3 is 2.61 bits per heavy atom. The topological polar surface area (TPSA) is 32.3 Å². The predicted molar refractivity (Wildman–Crippen MR) is 99.8 cm³/mol. The van der Waals surface area contributed by atoms with E-state index >= 15 is 0 Å². The van der Waals surface area contributed by atoms with Gasteiger partial charge in [0.15, 0.2) is 0 Å². The van der Waals surface area contributed by atoms with Crippen LogP contribution >= 0.6 is 24.2 Å². The average molecular weight is 355 g/mol. The van der Waals surface area contributed by atoms with E-state index in [0.29, 0.717) is 12.1 Å². The van der Waals surface area contributed by atoms with Gasteiger partial charge in [-0.3, -0.25) is 4.79 Å². The van der Waals surface area contributed by atoms with E-state index in [1.54, 1.807) is 11.8 Å². The molecule has 2 aliphatic rings. The van der Waals surface area contributed by atoms with Gasteiger partial charge >= 0.3 is 0 Å². The SMILES string of the molecule is CCSc1ccccc1C(=O)N(C1CCCC1)[C@H]1CCNC1.Cl. The number of carbonyl (C=O) groups is 1. The number of nitrogens with one attached hydrogen (secondary N) is 1. The van der Waals surface area contributed by atoms with Gasteiger partial charge in [0.1, 0.15) is 0 Å². The molecule has 0 radical (unpaired) electrons. The first-order valence-electron chi connectivity index (χ1n) is 8.56. The molecule has 0 unspecified atom stereocenters. The first-order chi connectivity index (χ1) is 10.8. The van der Waals surface area contributed by atoms with Gasteiger partial charge in [0, 0.05) is 23.5 Å². The molecule has 2 fully saturated rings. The van der Waals surface area contributed by atoms with Gasteiger partial charge in [0.25, 0.3) is 5.91 Å². The molecule has 1 N–H and O–H groups in total. The number of benzene rings is 1. The van der Waals surface area contributed by atoms with Crippen molar-refractivity contribution in [1.29, 1.82) is 0 Å². The highest BCUT2D eigenvalue weighted by atomic mass is 35.5. The van der Waals surface area contributed by atoms with Gasteiger partial charge < -0.3 is 10.2 Å². The van der Waals surface area contributed by atoms with E-state index in [1.807, 2.05) is 18.2 Å². The third-order valence-electron chi connectivity index (χ3n) is 4.80. The standard InChI is InChI=1S/C18H26N2OS.ClH/c1-2-22-17-10-6-5-9-16(17)18(21)20(14-7-3-4-8-14)15-11-12-19-13-15;/h5-6,9-10,14-15,19H,2-4,7-8,11-13H2,1H3;1H/t15-;/m0./s1. The number of halogens is 1. The Morgan fingerprint density at radius 1 is 1.22 bits per heavy atom. The number of rotatable bonds is 5. The average Bonchev–Trinajstić information content (AvgIpc) is 3.22. The zero-order chi connectivity index (χ0) is 15.4. The van der Waals surface area contributed by atoms with Gasteiger partial charge in [0.05, 0.1) is 5.56 Å². The monoisotopic (exact) mass is 354 g/mol. The number of hydrogen-bond acceptors (Lipinski definition) is 3. The molecule has 0 bridgehead atoms. The Morgan fingerprint density at radius 2 is 1.96 bits per heavy atom. The van der Waals surface area contributed by atoms with E-state index < -0.39 is 0 Å². The maximum absolute atomic E-state index is 13.3. The number of hydrogen-bond donors (Lipinski definition) is 1. The third-order valence-corrected chi connectivity index (χ3v) is 5.75. The lowest BCUT2D eigenvalue weighted by Crippen LogP contribution is -2.47. The molecule has 23 heavy (non-hydrogen) atoms. The first kappa shape index (κ1) is 18.6. The molecule has 1 heterocycles. The van der Waals surface area contributed by atoms with Gasteiger partial charge in [0.2, 0.25) is 0 Å². The molecular formula is C18H27ClN2OS. The molecule has 0 spiro atoms. The van der Waals surface area contributed by atoms with Crippen LogP contribution < -0.4 is 5.32 Å². The van der Waals surface area contributed by atoms with Crippen LogP contribution in [0.25, 0.3) is 0 Å². The summed E-state index contributed by atoms with van der Waals surface area (Å²) in [5.41, 5.74) is 0.896. The molecule has 1 atom stereocenters. The van der Waals surface area contributed by atoms with E-state index in [2.05, 4.69) is 23.2 Å². The first-order valence-corrected chi connectivity index (χ1v) is 9.55. The quantitative estimate of drug-likeness (QED) is 0.812. The third kappa shape index (κ3) is 4.23. The Bertz CT molecular complexity index is 497. The lowest BCUT2D eigenvalue weighted by atomic mass is 10.1. The van der Waals surface area contributed by atoms with Gasteiger partial charge in [-0.1, -0.05) is 31.9 Å². The summed E-state index contributed by atoms with van der Waals surface area (Å²) in [4.78, 5) is 16.7. The number of amides is 1. The lowest BCUT2D eigenvalue weighted by Gasteiger charge is -2.34. The van der Waals surface area contributed by atoms with Gasteiger partial charge in [-0.25, -0.2) is 0 Å². The highest BCUT2D eigenvalue weighted by Crippen LogP contribution is 2.31. The number of thioether (sulfide) groups is 1. The van der Waals surface area contributed by atoms with Crippen molar-refractivity contribution in [2.45, 2.75) is 56.0 Å². The van der Waals surface area contributed by atoms with E-state index in [0.717, 1.165) is 35.7 Å². The second kappa shape index (κ2) is 8.95. The van der Waals surface area contributed by atoms with Crippen LogP contribution in [0.3, 0.4) is 0 Å². The van der Waals surface area contributed by atoms with Crippen LogP contribution in [0, 0.1) is 0 Å². The molecule has 1 aliphatic carbocycles. The zero-order valence-electron chi connectivity index (χ0n) is 13.8. The van der Waals surface area contributed by atoms with Crippen LogP contribution in [0.2, 0.25) is 0 Å². The molecule has 1 aliphatic heterocycles. The van der Waals surface area contributed by atoms with E-state index in [4.69, 9.17) is 0 Å². The highest BCUT2D eigenvalue weighted by Gasteiger charge is 2.35. The van der Waals surface area contributed by atoms with Crippen molar-refractivity contribution in [2.24, 2.45) is 0 Å². The molecule has 1 saturated heterocycles. The minimum Gasteiger partial charge on any atom is -0.331 e. The van der Waals surface area contributed by atoms with Crippen LogP contribution in [0.1, 0.15) is 49.4 Å². The van der Waals surface area contributed by atoms with Crippen molar-refractivity contribution >= 4 is 30.1 Å². The summed E-state index contributed by atoms with van der Waals surface area (Å²) < 4.78 is 0. The van der Waals surface area contributed by atoms with Crippen LogP contribution in [-0.2, 0) is 0 Å². The van der Waals surface area contributed by atoms with Crippen LogP contribution in [0.4, 0.5) is 0 Å². The minimum absolute atomic E-state index is 0. The van der Waals surface area contributed by atoms with Crippen LogP contribution in [-0.4, -0.2) is 41.7 Å². The molecule has 1 amide bonds.